The lowest BCUT2D eigenvalue weighted by atomic mass is 10.0. The molecule has 0 amide bonds. The molecular formula is C13H15N. The van der Waals surface area contributed by atoms with Crippen LogP contribution in [0.2, 0.25) is 0 Å². The van der Waals surface area contributed by atoms with E-state index >= 15 is 0 Å². The summed E-state index contributed by atoms with van der Waals surface area (Å²) in [5.74, 6) is 1.44. The number of nitriles is 1. The van der Waals surface area contributed by atoms with Crippen LogP contribution in [0.4, 0.5) is 0 Å². The molecule has 1 aromatic carbocycles. The Balaban J connectivity index is 2.25. The summed E-state index contributed by atoms with van der Waals surface area (Å²) in [6, 6.07) is 10.2. The van der Waals surface area contributed by atoms with Crippen LogP contribution >= 0.6 is 0 Å². The largest absolute Gasteiger partial charge is 0.192 e. The maximum Gasteiger partial charge on any atom is 0.0991 e. The van der Waals surface area contributed by atoms with E-state index in [1.54, 1.807) is 0 Å². The molecule has 2 atom stereocenters. The van der Waals surface area contributed by atoms with Crippen molar-refractivity contribution in [2.75, 3.05) is 0 Å². The van der Waals surface area contributed by atoms with Crippen LogP contribution in [0, 0.1) is 22.7 Å². The van der Waals surface area contributed by atoms with Crippen molar-refractivity contribution in [3.8, 4) is 6.07 Å². The van der Waals surface area contributed by atoms with Crippen LogP contribution in [0.15, 0.2) is 24.3 Å². The van der Waals surface area contributed by atoms with Crippen molar-refractivity contribution in [1.82, 2.24) is 0 Å². The smallest absolute Gasteiger partial charge is 0.0991 e. The highest BCUT2D eigenvalue weighted by Crippen LogP contribution is 2.63. The zero-order valence-corrected chi connectivity index (χ0v) is 8.91. The van der Waals surface area contributed by atoms with Gasteiger partial charge in [0, 0.05) is 0 Å². The average molecular weight is 185 g/mol. The van der Waals surface area contributed by atoms with Crippen LogP contribution in [-0.4, -0.2) is 0 Å². The Morgan fingerprint density at radius 1 is 1.21 bits per heavy atom. The van der Waals surface area contributed by atoms with Gasteiger partial charge in [0.1, 0.15) is 0 Å². The van der Waals surface area contributed by atoms with Gasteiger partial charge in [0.25, 0.3) is 0 Å². The van der Waals surface area contributed by atoms with Crippen LogP contribution in [0.25, 0.3) is 0 Å². The summed E-state index contributed by atoms with van der Waals surface area (Å²) >= 11 is 0. The third-order valence-corrected chi connectivity index (χ3v) is 3.76. The monoisotopic (exact) mass is 185 g/mol. The fraction of sp³-hybridized carbons (Fsp3) is 0.462. The third-order valence-electron chi connectivity index (χ3n) is 3.76. The maximum absolute atomic E-state index is 8.69. The Morgan fingerprint density at radius 2 is 1.71 bits per heavy atom. The average Bonchev–Trinajstić information content (AvgIpc) is 2.67. The molecule has 1 aliphatic carbocycles. The van der Waals surface area contributed by atoms with Gasteiger partial charge in [0.15, 0.2) is 0 Å². The lowest BCUT2D eigenvalue weighted by molar-refractivity contribution is 0.575. The number of benzene rings is 1. The lowest BCUT2D eigenvalue weighted by Gasteiger charge is -2.02. The molecule has 14 heavy (non-hydrogen) atoms. The van der Waals surface area contributed by atoms with Gasteiger partial charge in [0.05, 0.1) is 11.6 Å². The van der Waals surface area contributed by atoms with Crippen LogP contribution in [0.5, 0.6) is 0 Å². The third kappa shape index (κ3) is 1.23. The molecule has 0 unspecified atom stereocenters. The van der Waals surface area contributed by atoms with E-state index in [0.717, 1.165) is 11.5 Å². The lowest BCUT2D eigenvalue weighted by Crippen LogP contribution is -1.89. The van der Waals surface area contributed by atoms with Gasteiger partial charge in [-0.15, -0.1) is 0 Å². The van der Waals surface area contributed by atoms with Crippen molar-refractivity contribution in [3.63, 3.8) is 0 Å². The van der Waals surface area contributed by atoms with E-state index in [0.29, 0.717) is 11.3 Å². The van der Waals surface area contributed by atoms with Crippen molar-refractivity contribution in [2.45, 2.75) is 26.7 Å². The van der Waals surface area contributed by atoms with Crippen LogP contribution in [-0.2, 0) is 0 Å². The standard InChI is InChI=1S/C13H15N/c1-9-12(13(9,2)3)11-6-4-10(8-14)5-7-11/h4-7,9,12H,1-3H3/t9-,12+/m0/s1. The minimum atomic E-state index is 0.439. The molecule has 1 fully saturated rings. The molecule has 1 nitrogen and oxygen atoms in total. The highest BCUT2D eigenvalue weighted by atomic mass is 14.6. The number of hydrogen-bond acceptors (Lipinski definition) is 1. The van der Waals surface area contributed by atoms with E-state index in [1.807, 2.05) is 12.1 Å². The molecule has 1 saturated carbocycles. The van der Waals surface area contributed by atoms with Crippen molar-refractivity contribution in [1.29, 1.82) is 5.26 Å². The molecule has 0 N–H and O–H groups in total. The summed E-state index contributed by atoms with van der Waals surface area (Å²) in [6.45, 7) is 6.91. The van der Waals surface area contributed by atoms with Gasteiger partial charge in [-0.25, -0.2) is 0 Å². The van der Waals surface area contributed by atoms with Gasteiger partial charge in [-0.05, 0) is 34.9 Å². The maximum atomic E-state index is 8.69. The first-order chi connectivity index (χ1) is 6.57. The second-order valence-electron chi connectivity index (χ2n) is 4.82. The summed E-state index contributed by atoms with van der Waals surface area (Å²) < 4.78 is 0. The Kier molecular flexibility index (Phi) is 1.89. The molecule has 0 bridgehead atoms. The van der Waals surface area contributed by atoms with Crippen molar-refractivity contribution < 1.29 is 0 Å². The fourth-order valence-corrected chi connectivity index (χ4v) is 2.38. The Bertz CT molecular complexity index is 381. The first-order valence-electron chi connectivity index (χ1n) is 5.07. The van der Waals surface area contributed by atoms with Crippen molar-refractivity contribution in [2.24, 2.45) is 11.3 Å². The van der Waals surface area contributed by atoms with Crippen LogP contribution in [0.1, 0.15) is 37.8 Å². The molecule has 0 radical (unpaired) electrons. The molecule has 72 valence electrons. The molecule has 0 saturated heterocycles. The van der Waals surface area contributed by atoms with Gasteiger partial charge < -0.3 is 0 Å². The molecule has 0 aliphatic heterocycles. The van der Waals surface area contributed by atoms with E-state index in [-0.39, 0.29) is 0 Å². The van der Waals surface area contributed by atoms with E-state index in [1.165, 1.54) is 5.56 Å². The Hall–Kier alpha value is -1.29. The molecule has 0 spiro atoms. The van der Waals surface area contributed by atoms with Gasteiger partial charge >= 0.3 is 0 Å². The summed E-state index contributed by atoms with van der Waals surface area (Å²) in [5.41, 5.74) is 2.56. The zero-order chi connectivity index (χ0) is 10.3. The normalized spacial score (nSPS) is 28.1. The fourth-order valence-electron chi connectivity index (χ4n) is 2.38. The highest BCUT2D eigenvalue weighted by Gasteiger charge is 2.54. The molecule has 1 aromatic rings. The molecule has 0 heterocycles. The van der Waals surface area contributed by atoms with Gasteiger partial charge in [-0.1, -0.05) is 32.9 Å². The minimum absolute atomic E-state index is 0.439. The molecule has 2 rings (SSSR count). The number of rotatable bonds is 1. The molecule has 1 heteroatoms. The summed E-state index contributed by atoms with van der Waals surface area (Å²) in [6.07, 6.45) is 0. The summed E-state index contributed by atoms with van der Waals surface area (Å²) in [7, 11) is 0. The predicted octanol–water partition coefficient (Wildman–Crippen LogP) is 3.32. The highest BCUT2D eigenvalue weighted by molar-refractivity contribution is 5.37. The van der Waals surface area contributed by atoms with Crippen molar-refractivity contribution >= 4 is 0 Å². The van der Waals surface area contributed by atoms with Gasteiger partial charge in [-0.3, -0.25) is 0 Å². The van der Waals surface area contributed by atoms with Gasteiger partial charge in [-0.2, -0.15) is 5.26 Å². The van der Waals surface area contributed by atoms with Crippen LogP contribution in [0.3, 0.4) is 0 Å². The number of nitrogens with zero attached hydrogens (tertiary/aromatic N) is 1. The molecule has 1 aliphatic rings. The minimum Gasteiger partial charge on any atom is -0.192 e. The first kappa shape index (κ1) is 9.27. The summed E-state index contributed by atoms with van der Waals surface area (Å²) in [4.78, 5) is 0. The quantitative estimate of drug-likeness (QED) is 0.658. The topological polar surface area (TPSA) is 23.8 Å². The van der Waals surface area contributed by atoms with Crippen LogP contribution < -0.4 is 0 Å². The zero-order valence-electron chi connectivity index (χ0n) is 8.91. The second-order valence-corrected chi connectivity index (χ2v) is 4.82. The molecular weight excluding hydrogens is 170 g/mol. The predicted molar refractivity (Wildman–Crippen MR) is 56.8 cm³/mol. The van der Waals surface area contributed by atoms with E-state index < -0.39 is 0 Å². The van der Waals surface area contributed by atoms with Crippen molar-refractivity contribution in [3.05, 3.63) is 35.4 Å². The second kappa shape index (κ2) is 2.85. The van der Waals surface area contributed by atoms with Gasteiger partial charge in [0.2, 0.25) is 0 Å². The van der Waals surface area contributed by atoms with E-state index in [9.17, 15) is 0 Å². The SMILES string of the molecule is C[C@H]1[C@H](c2ccc(C#N)cc2)C1(C)C. The first-order valence-corrected chi connectivity index (χ1v) is 5.07. The molecule has 0 aromatic heterocycles. The Morgan fingerprint density at radius 3 is 2.07 bits per heavy atom. The summed E-state index contributed by atoms with van der Waals surface area (Å²) in [5, 5.41) is 8.69. The number of hydrogen-bond donors (Lipinski definition) is 0. The van der Waals surface area contributed by atoms with E-state index in [2.05, 4.69) is 39.0 Å². The van der Waals surface area contributed by atoms with E-state index in [4.69, 9.17) is 5.26 Å². The Labute approximate surface area is 85.4 Å².